The molecule has 0 amide bonds. The van der Waals surface area contributed by atoms with Gasteiger partial charge in [0.25, 0.3) is 0 Å². The number of ether oxygens (including phenoxy) is 1. The molecule has 2 nitrogen and oxygen atoms in total. The molecule has 1 aliphatic heterocycles. The first-order valence-corrected chi connectivity index (χ1v) is 7.06. The van der Waals surface area contributed by atoms with Gasteiger partial charge >= 0.3 is 0 Å². The van der Waals surface area contributed by atoms with E-state index < -0.39 is 0 Å². The third kappa shape index (κ3) is 4.06. The van der Waals surface area contributed by atoms with E-state index in [1.165, 1.54) is 38.6 Å². The van der Waals surface area contributed by atoms with Crippen LogP contribution in [0.4, 0.5) is 0 Å². The second kappa shape index (κ2) is 7.29. The van der Waals surface area contributed by atoms with Crippen LogP contribution in [-0.4, -0.2) is 36.2 Å². The highest BCUT2D eigenvalue weighted by molar-refractivity contribution is 4.84. The van der Waals surface area contributed by atoms with Crippen LogP contribution >= 0.6 is 0 Å². The molecule has 1 unspecified atom stereocenters. The molecule has 1 aliphatic rings. The lowest BCUT2D eigenvalue weighted by Gasteiger charge is -2.42. The summed E-state index contributed by atoms with van der Waals surface area (Å²) in [5, 5.41) is 0. The number of piperidine rings is 1. The van der Waals surface area contributed by atoms with E-state index in [4.69, 9.17) is 4.74 Å². The molecule has 1 saturated heterocycles. The summed E-state index contributed by atoms with van der Waals surface area (Å²) in [5.74, 6) is 0. The number of nitrogens with zero attached hydrogens (tertiary/aromatic N) is 1. The Morgan fingerprint density at radius 3 is 2.19 bits per heavy atom. The van der Waals surface area contributed by atoms with Crippen molar-refractivity contribution in [3.63, 3.8) is 0 Å². The zero-order valence-electron chi connectivity index (χ0n) is 11.5. The van der Waals surface area contributed by atoms with Crippen molar-refractivity contribution >= 4 is 0 Å². The van der Waals surface area contributed by atoms with Crippen LogP contribution in [-0.2, 0) is 4.74 Å². The number of likely N-dealkylation sites (tertiary alicyclic amines) is 1. The standard InChI is InChI=1S/C14H29NO/c1-5-7-9-16-14-10-12(3)15(8-6-2)13(4)11-14/h12-14H,5-11H2,1-4H3/t12-,13+,14?. The van der Waals surface area contributed by atoms with Gasteiger partial charge in [0, 0.05) is 18.7 Å². The SMILES string of the molecule is CCCCOC1C[C@@H](C)N(CCC)[C@@H](C)C1. The van der Waals surface area contributed by atoms with E-state index in [0.29, 0.717) is 18.2 Å². The minimum atomic E-state index is 0.504. The molecule has 1 fully saturated rings. The van der Waals surface area contributed by atoms with Gasteiger partial charge in [-0.15, -0.1) is 0 Å². The van der Waals surface area contributed by atoms with Crippen LogP contribution in [0, 0.1) is 0 Å². The molecule has 0 N–H and O–H groups in total. The quantitative estimate of drug-likeness (QED) is 0.644. The molecule has 96 valence electrons. The van der Waals surface area contributed by atoms with Gasteiger partial charge in [-0.2, -0.15) is 0 Å². The number of unbranched alkanes of at least 4 members (excludes halogenated alkanes) is 1. The molecule has 0 aliphatic carbocycles. The Bertz CT molecular complexity index is 172. The lowest BCUT2D eigenvalue weighted by molar-refractivity contribution is -0.0343. The van der Waals surface area contributed by atoms with E-state index >= 15 is 0 Å². The Morgan fingerprint density at radius 1 is 1.06 bits per heavy atom. The summed E-state index contributed by atoms with van der Waals surface area (Å²) < 4.78 is 5.96. The van der Waals surface area contributed by atoms with Crippen LogP contribution in [0.3, 0.4) is 0 Å². The maximum absolute atomic E-state index is 5.96. The van der Waals surface area contributed by atoms with Crippen LogP contribution in [0.5, 0.6) is 0 Å². The highest BCUT2D eigenvalue weighted by Crippen LogP contribution is 2.25. The van der Waals surface area contributed by atoms with Gasteiger partial charge in [0.2, 0.25) is 0 Å². The van der Waals surface area contributed by atoms with E-state index in [9.17, 15) is 0 Å². The highest BCUT2D eigenvalue weighted by Gasteiger charge is 2.30. The van der Waals surface area contributed by atoms with E-state index in [-0.39, 0.29) is 0 Å². The largest absolute Gasteiger partial charge is 0.378 e. The molecule has 0 aromatic rings. The average molecular weight is 227 g/mol. The lowest BCUT2D eigenvalue weighted by atomic mass is 9.94. The van der Waals surface area contributed by atoms with Gasteiger partial charge in [-0.25, -0.2) is 0 Å². The van der Waals surface area contributed by atoms with E-state index in [1.54, 1.807) is 0 Å². The van der Waals surface area contributed by atoms with Gasteiger partial charge in [-0.05, 0) is 46.1 Å². The van der Waals surface area contributed by atoms with E-state index in [1.807, 2.05) is 0 Å². The fourth-order valence-electron chi connectivity index (χ4n) is 2.79. The molecule has 0 spiro atoms. The van der Waals surface area contributed by atoms with Gasteiger partial charge in [0.1, 0.15) is 0 Å². The van der Waals surface area contributed by atoms with Crippen molar-refractivity contribution in [3.8, 4) is 0 Å². The van der Waals surface area contributed by atoms with Crippen LogP contribution < -0.4 is 0 Å². The summed E-state index contributed by atoms with van der Waals surface area (Å²) >= 11 is 0. The molecule has 0 radical (unpaired) electrons. The zero-order valence-corrected chi connectivity index (χ0v) is 11.5. The third-order valence-electron chi connectivity index (χ3n) is 3.67. The Hall–Kier alpha value is -0.0800. The summed E-state index contributed by atoms with van der Waals surface area (Å²) in [6.07, 6.45) is 6.64. The second-order valence-electron chi connectivity index (χ2n) is 5.25. The van der Waals surface area contributed by atoms with Crippen LogP contribution in [0.15, 0.2) is 0 Å². The summed E-state index contributed by atoms with van der Waals surface area (Å²) in [7, 11) is 0. The van der Waals surface area contributed by atoms with E-state index in [0.717, 1.165) is 6.61 Å². The Labute approximate surface area is 101 Å². The van der Waals surface area contributed by atoms with Crippen LogP contribution in [0.2, 0.25) is 0 Å². The number of hydrogen-bond donors (Lipinski definition) is 0. The van der Waals surface area contributed by atoms with Crippen LogP contribution in [0.25, 0.3) is 0 Å². The summed E-state index contributed by atoms with van der Waals surface area (Å²) in [5.41, 5.74) is 0. The second-order valence-corrected chi connectivity index (χ2v) is 5.25. The normalized spacial score (nSPS) is 31.9. The smallest absolute Gasteiger partial charge is 0.0604 e. The van der Waals surface area contributed by atoms with Gasteiger partial charge in [-0.1, -0.05) is 20.3 Å². The molecule has 0 saturated carbocycles. The zero-order chi connectivity index (χ0) is 12.0. The minimum absolute atomic E-state index is 0.504. The molecule has 16 heavy (non-hydrogen) atoms. The predicted molar refractivity (Wildman–Crippen MR) is 69.8 cm³/mol. The molecular formula is C14H29NO. The Balaban J connectivity index is 2.33. The van der Waals surface area contributed by atoms with Gasteiger partial charge in [0.15, 0.2) is 0 Å². The Morgan fingerprint density at radius 2 is 1.69 bits per heavy atom. The highest BCUT2D eigenvalue weighted by atomic mass is 16.5. The summed E-state index contributed by atoms with van der Waals surface area (Å²) in [4.78, 5) is 2.64. The van der Waals surface area contributed by atoms with Crippen molar-refractivity contribution < 1.29 is 4.74 Å². The first-order valence-electron chi connectivity index (χ1n) is 7.06. The summed E-state index contributed by atoms with van der Waals surface area (Å²) in [6.45, 7) is 11.4. The molecular weight excluding hydrogens is 198 g/mol. The van der Waals surface area contributed by atoms with Crippen molar-refractivity contribution in [2.45, 2.75) is 78.0 Å². The Kier molecular flexibility index (Phi) is 6.37. The maximum atomic E-state index is 5.96. The molecule has 0 bridgehead atoms. The predicted octanol–water partition coefficient (Wildman–Crippen LogP) is 3.45. The van der Waals surface area contributed by atoms with Crippen molar-refractivity contribution in [2.75, 3.05) is 13.2 Å². The summed E-state index contributed by atoms with van der Waals surface area (Å²) in [6, 6.07) is 1.38. The third-order valence-corrected chi connectivity index (χ3v) is 3.67. The van der Waals surface area contributed by atoms with E-state index in [2.05, 4.69) is 32.6 Å². The minimum Gasteiger partial charge on any atom is -0.378 e. The molecule has 2 heteroatoms. The van der Waals surface area contributed by atoms with Crippen molar-refractivity contribution in [2.24, 2.45) is 0 Å². The van der Waals surface area contributed by atoms with Crippen molar-refractivity contribution in [3.05, 3.63) is 0 Å². The molecule has 1 heterocycles. The van der Waals surface area contributed by atoms with Gasteiger partial charge in [0.05, 0.1) is 6.10 Å². The monoisotopic (exact) mass is 227 g/mol. The van der Waals surface area contributed by atoms with Gasteiger partial charge in [-0.3, -0.25) is 4.90 Å². The number of hydrogen-bond acceptors (Lipinski definition) is 2. The van der Waals surface area contributed by atoms with Crippen molar-refractivity contribution in [1.82, 2.24) is 4.90 Å². The average Bonchev–Trinajstić information content (AvgIpc) is 2.24. The van der Waals surface area contributed by atoms with Gasteiger partial charge < -0.3 is 4.74 Å². The fourth-order valence-corrected chi connectivity index (χ4v) is 2.79. The molecule has 1 rings (SSSR count). The van der Waals surface area contributed by atoms with Crippen molar-refractivity contribution in [1.29, 1.82) is 0 Å². The number of rotatable bonds is 6. The first kappa shape index (κ1) is 14.0. The maximum Gasteiger partial charge on any atom is 0.0604 e. The lowest BCUT2D eigenvalue weighted by Crippen LogP contribution is -2.49. The molecule has 0 aromatic carbocycles. The fraction of sp³-hybridized carbons (Fsp3) is 1.00. The first-order chi connectivity index (χ1) is 7.69. The topological polar surface area (TPSA) is 12.5 Å². The molecule has 3 atom stereocenters. The van der Waals surface area contributed by atoms with Crippen LogP contribution in [0.1, 0.15) is 59.8 Å². The molecule has 0 aromatic heterocycles.